The van der Waals surface area contributed by atoms with Gasteiger partial charge in [-0.05, 0) is 50.8 Å². The normalized spacial score (nSPS) is 12.3. The van der Waals surface area contributed by atoms with Gasteiger partial charge >= 0.3 is 0 Å². The summed E-state index contributed by atoms with van der Waals surface area (Å²) in [6.45, 7) is 8.86. The molecule has 1 N–H and O–H groups in total. The lowest BCUT2D eigenvalue weighted by Crippen LogP contribution is -2.15. The molecule has 0 atom stereocenters. The zero-order valence-corrected chi connectivity index (χ0v) is 10.4. The molecular weight excluding hydrogens is 198 g/mol. The minimum absolute atomic E-state index is 0.773. The molecule has 1 heterocycles. The first kappa shape index (κ1) is 11.2. The molecule has 1 aromatic heterocycles. The van der Waals surface area contributed by atoms with E-state index in [4.69, 9.17) is 0 Å². The van der Waals surface area contributed by atoms with Crippen LogP contribution in [0, 0.1) is 6.92 Å². The molecule has 0 unspecified atom stereocenters. The Bertz CT molecular complexity index is 517. The second-order valence-corrected chi connectivity index (χ2v) is 4.86. The third-order valence-electron chi connectivity index (χ3n) is 3.13. The molecule has 0 spiro atoms. The topological polar surface area (TPSA) is 25.2 Å². The smallest absolute Gasteiger partial charge is 0.0841 e. The zero-order chi connectivity index (χ0) is 11.9. The van der Waals surface area contributed by atoms with Crippen molar-refractivity contribution in [2.24, 2.45) is 0 Å². The van der Waals surface area contributed by atoms with Gasteiger partial charge in [-0.2, -0.15) is 0 Å². The maximum Gasteiger partial charge on any atom is 0.0841 e. The molecule has 0 aliphatic rings. The molecule has 0 saturated heterocycles. The fourth-order valence-electron chi connectivity index (χ4n) is 2.19. The molecule has 16 heavy (non-hydrogen) atoms. The van der Waals surface area contributed by atoms with E-state index in [9.17, 15) is 5.11 Å². The average Bonchev–Trinajstić information content (AvgIpc) is 2.50. The predicted octanol–water partition coefficient (Wildman–Crippen LogP) is 3.20. The van der Waals surface area contributed by atoms with Crippen LogP contribution in [0.5, 0.6) is 0 Å². The van der Waals surface area contributed by atoms with Crippen LogP contribution in [-0.2, 0) is 12.1 Å². The number of hydrogen-bond acceptors (Lipinski definition) is 1. The molecule has 2 nitrogen and oxygen atoms in total. The van der Waals surface area contributed by atoms with Gasteiger partial charge in [0.25, 0.3) is 0 Å². The largest absolute Gasteiger partial charge is 0.386 e. The zero-order valence-electron chi connectivity index (χ0n) is 10.4. The molecule has 0 aliphatic carbocycles. The van der Waals surface area contributed by atoms with E-state index >= 15 is 0 Å². The average molecular weight is 217 g/mol. The van der Waals surface area contributed by atoms with Crippen LogP contribution in [0.4, 0.5) is 0 Å². The van der Waals surface area contributed by atoms with Crippen LogP contribution in [-0.4, -0.2) is 9.67 Å². The van der Waals surface area contributed by atoms with Crippen LogP contribution >= 0.6 is 0 Å². The maximum absolute atomic E-state index is 10.0. The summed E-state index contributed by atoms with van der Waals surface area (Å²) in [6.07, 6.45) is 0. The van der Waals surface area contributed by atoms with E-state index in [1.165, 1.54) is 16.6 Å². The summed E-state index contributed by atoms with van der Waals surface area (Å²) in [5.41, 5.74) is 2.67. The standard InChI is InChI=1S/C14H19NO/c1-5-15-10(2)8-11-6-7-12(9-13(11)15)14(3,4)16/h6-9,16H,5H2,1-4H3. The van der Waals surface area contributed by atoms with Gasteiger partial charge in [0.05, 0.1) is 5.60 Å². The van der Waals surface area contributed by atoms with Crippen LogP contribution in [0.2, 0.25) is 0 Å². The Morgan fingerprint density at radius 3 is 2.50 bits per heavy atom. The summed E-state index contributed by atoms with van der Waals surface area (Å²) in [7, 11) is 0. The second kappa shape index (κ2) is 3.63. The molecule has 0 radical (unpaired) electrons. The highest BCUT2D eigenvalue weighted by Gasteiger charge is 2.17. The Hall–Kier alpha value is -1.28. The third-order valence-corrected chi connectivity index (χ3v) is 3.13. The van der Waals surface area contributed by atoms with Crippen molar-refractivity contribution in [3.05, 3.63) is 35.5 Å². The molecule has 0 bridgehead atoms. The second-order valence-electron chi connectivity index (χ2n) is 4.86. The highest BCUT2D eigenvalue weighted by atomic mass is 16.3. The first-order valence-corrected chi connectivity index (χ1v) is 5.76. The van der Waals surface area contributed by atoms with Crippen LogP contribution in [0.25, 0.3) is 10.9 Å². The minimum atomic E-state index is -0.773. The highest BCUT2D eigenvalue weighted by molar-refractivity contribution is 5.82. The Kier molecular flexibility index (Phi) is 2.55. The number of aliphatic hydroxyl groups is 1. The maximum atomic E-state index is 10.0. The third kappa shape index (κ3) is 1.74. The Balaban J connectivity index is 2.69. The molecule has 0 saturated carbocycles. The van der Waals surface area contributed by atoms with Gasteiger partial charge in [-0.3, -0.25) is 0 Å². The van der Waals surface area contributed by atoms with Crippen molar-refractivity contribution in [2.45, 2.75) is 39.8 Å². The molecule has 0 fully saturated rings. The van der Waals surface area contributed by atoms with Crippen molar-refractivity contribution in [3.8, 4) is 0 Å². The number of rotatable bonds is 2. The Morgan fingerprint density at radius 1 is 1.25 bits per heavy atom. The quantitative estimate of drug-likeness (QED) is 0.821. The lowest BCUT2D eigenvalue weighted by atomic mass is 9.97. The lowest BCUT2D eigenvalue weighted by molar-refractivity contribution is 0.0787. The van der Waals surface area contributed by atoms with Crippen molar-refractivity contribution in [3.63, 3.8) is 0 Å². The van der Waals surface area contributed by atoms with Crippen molar-refractivity contribution in [1.82, 2.24) is 4.57 Å². The van der Waals surface area contributed by atoms with Gasteiger partial charge in [0.15, 0.2) is 0 Å². The first-order chi connectivity index (χ1) is 7.43. The minimum Gasteiger partial charge on any atom is -0.386 e. The number of hydrogen-bond donors (Lipinski definition) is 1. The van der Waals surface area contributed by atoms with E-state index in [0.717, 1.165) is 12.1 Å². The fraction of sp³-hybridized carbons (Fsp3) is 0.429. The number of fused-ring (bicyclic) bond motifs is 1. The first-order valence-electron chi connectivity index (χ1n) is 5.76. The van der Waals surface area contributed by atoms with E-state index in [2.05, 4.69) is 36.6 Å². The van der Waals surface area contributed by atoms with Gasteiger partial charge in [0.2, 0.25) is 0 Å². The molecule has 2 rings (SSSR count). The SMILES string of the molecule is CCn1c(C)cc2ccc(C(C)(C)O)cc21. The Labute approximate surface area is 96.5 Å². The number of aromatic nitrogens is 1. The number of nitrogens with zero attached hydrogens (tertiary/aromatic N) is 1. The number of benzene rings is 1. The van der Waals surface area contributed by atoms with Gasteiger partial charge in [0.1, 0.15) is 0 Å². The van der Waals surface area contributed by atoms with Gasteiger partial charge in [-0.1, -0.05) is 12.1 Å². The number of aryl methyl sites for hydroxylation is 2. The van der Waals surface area contributed by atoms with Gasteiger partial charge in [-0.25, -0.2) is 0 Å². The van der Waals surface area contributed by atoms with Crippen LogP contribution in [0.15, 0.2) is 24.3 Å². The summed E-state index contributed by atoms with van der Waals surface area (Å²) < 4.78 is 2.27. The Morgan fingerprint density at radius 2 is 1.94 bits per heavy atom. The monoisotopic (exact) mass is 217 g/mol. The van der Waals surface area contributed by atoms with Crippen molar-refractivity contribution in [1.29, 1.82) is 0 Å². The predicted molar refractivity (Wildman–Crippen MR) is 67.6 cm³/mol. The summed E-state index contributed by atoms with van der Waals surface area (Å²) in [6, 6.07) is 8.36. The molecule has 0 amide bonds. The molecule has 2 aromatic rings. The molecular formula is C14H19NO. The molecule has 1 aromatic carbocycles. The van der Waals surface area contributed by atoms with E-state index < -0.39 is 5.60 Å². The van der Waals surface area contributed by atoms with Crippen molar-refractivity contribution < 1.29 is 5.11 Å². The summed E-state index contributed by atoms with van der Waals surface area (Å²) in [4.78, 5) is 0. The van der Waals surface area contributed by atoms with Crippen LogP contribution < -0.4 is 0 Å². The van der Waals surface area contributed by atoms with E-state index in [0.29, 0.717) is 0 Å². The van der Waals surface area contributed by atoms with E-state index in [1.54, 1.807) is 0 Å². The summed E-state index contributed by atoms with van der Waals surface area (Å²) in [5, 5.41) is 11.3. The molecule has 0 aliphatic heterocycles. The molecule has 86 valence electrons. The van der Waals surface area contributed by atoms with E-state index in [-0.39, 0.29) is 0 Å². The van der Waals surface area contributed by atoms with Gasteiger partial charge < -0.3 is 9.67 Å². The van der Waals surface area contributed by atoms with E-state index in [1.807, 2.05) is 19.9 Å². The highest BCUT2D eigenvalue weighted by Crippen LogP contribution is 2.26. The van der Waals surface area contributed by atoms with Crippen LogP contribution in [0.3, 0.4) is 0 Å². The lowest BCUT2D eigenvalue weighted by Gasteiger charge is -2.18. The van der Waals surface area contributed by atoms with Gasteiger partial charge in [0, 0.05) is 17.8 Å². The summed E-state index contributed by atoms with van der Waals surface area (Å²) in [5.74, 6) is 0. The van der Waals surface area contributed by atoms with Crippen molar-refractivity contribution >= 4 is 10.9 Å². The molecule has 2 heteroatoms. The van der Waals surface area contributed by atoms with Crippen LogP contribution in [0.1, 0.15) is 32.0 Å². The summed E-state index contributed by atoms with van der Waals surface area (Å²) >= 11 is 0. The van der Waals surface area contributed by atoms with Crippen molar-refractivity contribution in [2.75, 3.05) is 0 Å². The fourth-order valence-corrected chi connectivity index (χ4v) is 2.19. The van der Waals surface area contributed by atoms with Gasteiger partial charge in [-0.15, -0.1) is 0 Å².